The summed E-state index contributed by atoms with van der Waals surface area (Å²) in [7, 11) is 2.10. The Morgan fingerprint density at radius 2 is 1.85 bits per heavy atom. The lowest BCUT2D eigenvalue weighted by molar-refractivity contribution is 0.420. The van der Waals surface area contributed by atoms with Crippen molar-refractivity contribution in [1.29, 1.82) is 0 Å². The first-order valence-electron chi connectivity index (χ1n) is 7.48. The van der Waals surface area contributed by atoms with E-state index >= 15 is 0 Å². The first kappa shape index (κ1) is 16.9. The van der Waals surface area contributed by atoms with Crippen molar-refractivity contribution in [1.82, 2.24) is 15.3 Å². The molecular weight excluding hydrogens is 248 g/mol. The molecule has 20 heavy (non-hydrogen) atoms. The predicted octanol–water partition coefficient (Wildman–Crippen LogP) is 3.24. The molecule has 1 rings (SSSR count). The van der Waals surface area contributed by atoms with Gasteiger partial charge in [0.2, 0.25) is 0 Å². The molecule has 0 saturated carbocycles. The summed E-state index contributed by atoms with van der Waals surface area (Å²) < 4.78 is 0. The summed E-state index contributed by atoms with van der Waals surface area (Å²) >= 11 is 0. The topological polar surface area (TPSA) is 41.1 Å². The van der Waals surface area contributed by atoms with Crippen molar-refractivity contribution >= 4 is 5.82 Å². The van der Waals surface area contributed by atoms with Crippen LogP contribution in [0, 0.1) is 5.92 Å². The molecule has 0 radical (unpaired) electrons. The predicted molar refractivity (Wildman–Crippen MR) is 85.9 cm³/mol. The van der Waals surface area contributed by atoms with Gasteiger partial charge in [0.1, 0.15) is 5.82 Å². The Kier molecular flexibility index (Phi) is 5.93. The fourth-order valence-corrected chi connectivity index (χ4v) is 2.07. The van der Waals surface area contributed by atoms with Gasteiger partial charge in [-0.05, 0) is 40.0 Å². The van der Waals surface area contributed by atoms with Crippen molar-refractivity contribution in [2.75, 3.05) is 11.9 Å². The van der Waals surface area contributed by atoms with Crippen LogP contribution in [0.3, 0.4) is 0 Å². The Morgan fingerprint density at radius 3 is 2.40 bits per heavy atom. The summed E-state index contributed by atoms with van der Waals surface area (Å²) in [6, 6.07) is 0.468. The molecule has 0 amide bonds. The van der Waals surface area contributed by atoms with Crippen LogP contribution in [0.15, 0.2) is 12.4 Å². The molecule has 0 aromatic carbocycles. The average molecular weight is 278 g/mol. The van der Waals surface area contributed by atoms with E-state index in [4.69, 9.17) is 4.98 Å². The zero-order chi connectivity index (χ0) is 15.3. The molecule has 1 aromatic heterocycles. The van der Waals surface area contributed by atoms with E-state index in [1.165, 1.54) is 0 Å². The lowest BCUT2D eigenvalue weighted by Crippen LogP contribution is -2.35. The second kappa shape index (κ2) is 7.02. The maximum Gasteiger partial charge on any atom is 0.147 e. The van der Waals surface area contributed by atoms with Crippen LogP contribution in [0.4, 0.5) is 5.82 Å². The van der Waals surface area contributed by atoms with Crippen LogP contribution in [-0.4, -0.2) is 28.6 Å². The average Bonchev–Trinajstić information content (AvgIpc) is 2.34. The summed E-state index contributed by atoms with van der Waals surface area (Å²) in [6.45, 7) is 13.9. The quantitative estimate of drug-likeness (QED) is 0.867. The van der Waals surface area contributed by atoms with Gasteiger partial charge in [-0.15, -0.1) is 0 Å². The fraction of sp³-hybridized carbons (Fsp3) is 0.750. The van der Waals surface area contributed by atoms with Gasteiger partial charge in [-0.1, -0.05) is 13.8 Å². The Balaban J connectivity index is 2.72. The maximum absolute atomic E-state index is 4.71. The van der Waals surface area contributed by atoms with E-state index < -0.39 is 0 Å². The first-order chi connectivity index (χ1) is 9.19. The summed E-state index contributed by atoms with van der Waals surface area (Å²) in [5, 5.41) is 3.44. The van der Waals surface area contributed by atoms with Crippen LogP contribution in [0.1, 0.15) is 53.7 Å². The van der Waals surface area contributed by atoms with Gasteiger partial charge < -0.3 is 10.2 Å². The van der Waals surface area contributed by atoms with Crippen molar-refractivity contribution < 1.29 is 0 Å². The number of nitrogens with zero attached hydrogens (tertiary/aromatic N) is 3. The van der Waals surface area contributed by atoms with Crippen LogP contribution in [0.5, 0.6) is 0 Å². The Hall–Kier alpha value is -1.16. The molecule has 114 valence electrons. The SMILES string of the molecule is CC(C)CC(C)N(C)c1cncc(CNC(C)(C)C)n1. The molecule has 0 spiro atoms. The smallest absolute Gasteiger partial charge is 0.147 e. The zero-order valence-corrected chi connectivity index (χ0v) is 14.1. The van der Waals surface area contributed by atoms with Crippen LogP contribution >= 0.6 is 0 Å². The van der Waals surface area contributed by atoms with E-state index in [2.05, 4.69) is 63.8 Å². The van der Waals surface area contributed by atoms with E-state index in [9.17, 15) is 0 Å². The van der Waals surface area contributed by atoms with Crippen molar-refractivity contribution in [3.8, 4) is 0 Å². The van der Waals surface area contributed by atoms with Gasteiger partial charge in [-0.3, -0.25) is 4.98 Å². The van der Waals surface area contributed by atoms with Crippen LogP contribution in [0.25, 0.3) is 0 Å². The van der Waals surface area contributed by atoms with Crippen molar-refractivity contribution in [2.45, 2.75) is 66.1 Å². The summed E-state index contributed by atoms with van der Waals surface area (Å²) in [5.41, 5.74) is 1.08. The van der Waals surface area contributed by atoms with Crippen LogP contribution in [-0.2, 0) is 6.54 Å². The summed E-state index contributed by atoms with van der Waals surface area (Å²) in [6.07, 6.45) is 4.84. The van der Waals surface area contributed by atoms with Gasteiger partial charge in [0.05, 0.1) is 11.9 Å². The van der Waals surface area contributed by atoms with E-state index in [1.807, 2.05) is 12.4 Å². The van der Waals surface area contributed by atoms with Gasteiger partial charge in [-0.25, -0.2) is 4.98 Å². The third kappa shape index (κ3) is 5.87. The van der Waals surface area contributed by atoms with Crippen molar-refractivity contribution in [2.24, 2.45) is 5.92 Å². The third-order valence-electron chi connectivity index (χ3n) is 3.31. The van der Waals surface area contributed by atoms with E-state index in [1.54, 1.807) is 0 Å². The minimum absolute atomic E-state index is 0.0918. The Labute approximate surface area is 124 Å². The molecule has 1 heterocycles. The maximum atomic E-state index is 4.71. The van der Waals surface area contributed by atoms with Gasteiger partial charge in [0.25, 0.3) is 0 Å². The van der Waals surface area contributed by atoms with E-state index in [0.29, 0.717) is 12.0 Å². The number of hydrogen-bond donors (Lipinski definition) is 1. The lowest BCUT2D eigenvalue weighted by atomic mass is 10.0. The monoisotopic (exact) mass is 278 g/mol. The van der Waals surface area contributed by atoms with Crippen molar-refractivity contribution in [3.05, 3.63) is 18.1 Å². The molecule has 1 aromatic rings. The number of anilines is 1. The molecular formula is C16H30N4. The minimum Gasteiger partial charge on any atom is -0.356 e. The lowest BCUT2D eigenvalue weighted by Gasteiger charge is -2.27. The molecule has 1 N–H and O–H groups in total. The second-order valence-electron chi connectivity index (χ2n) is 7.06. The standard InChI is InChI=1S/C16H30N4/c1-12(2)8-13(3)20(7)15-11-17-9-14(19-15)10-18-16(4,5)6/h9,11-13,18H,8,10H2,1-7H3. The fourth-order valence-electron chi connectivity index (χ4n) is 2.07. The molecule has 0 aliphatic heterocycles. The Bertz CT molecular complexity index is 409. The first-order valence-corrected chi connectivity index (χ1v) is 7.48. The van der Waals surface area contributed by atoms with Crippen LogP contribution < -0.4 is 10.2 Å². The van der Waals surface area contributed by atoms with Gasteiger partial charge in [0, 0.05) is 31.4 Å². The number of hydrogen-bond acceptors (Lipinski definition) is 4. The van der Waals surface area contributed by atoms with Gasteiger partial charge in [-0.2, -0.15) is 0 Å². The minimum atomic E-state index is 0.0918. The third-order valence-corrected chi connectivity index (χ3v) is 3.31. The van der Waals surface area contributed by atoms with E-state index in [0.717, 1.165) is 24.5 Å². The normalized spacial score (nSPS) is 13.6. The highest BCUT2D eigenvalue weighted by atomic mass is 15.2. The highest BCUT2D eigenvalue weighted by molar-refractivity contribution is 5.36. The van der Waals surface area contributed by atoms with Gasteiger partial charge >= 0.3 is 0 Å². The molecule has 4 nitrogen and oxygen atoms in total. The molecule has 1 atom stereocenters. The zero-order valence-electron chi connectivity index (χ0n) is 14.1. The molecule has 0 saturated heterocycles. The second-order valence-corrected chi connectivity index (χ2v) is 7.06. The highest BCUT2D eigenvalue weighted by Crippen LogP contribution is 2.16. The largest absolute Gasteiger partial charge is 0.356 e. The van der Waals surface area contributed by atoms with Gasteiger partial charge in [0.15, 0.2) is 0 Å². The number of aromatic nitrogens is 2. The molecule has 0 fully saturated rings. The molecule has 0 aliphatic rings. The number of nitrogens with one attached hydrogen (secondary N) is 1. The Morgan fingerprint density at radius 1 is 1.20 bits per heavy atom. The molecule has 0 aliphatic carbocycles. The van der Waals surface area contributed by atoms with Crippen molar-refractivity contribution in [3.63, 3.8) is 0 Å². The molecule has 0 bridgehead atoms. The number of rotatable bonds is 6. The highest BCUT2D eigenvalue weighted by Gasteiger charge is 2.14. The van der Waals surface area contributed by atoms with Crippen LogP contribution in [0.2, 0.25) is 0 Å². The molecule has 1 unspecified atom stereocenters. The van der Waals surface area contributed by atoms with E-state index in [-0.39, 0.29) is 5.54 Å². The summed E-state index contributed by atoms with van der Waals surface area (Å²) in [5.74, 6) is 1.64. The summed E-state index contributed by atoms with van der Waals surface area (Å²) in [4.78, 5) is 11.2. The molecule has 4 heteroatoms.